The number of hydrogen-bond donors (Lipinski definition) is 2. The molecule has 26 heavy (non-hydrogen) atoms. The number of carbonyl (C=O) groups is 3. The summed E-state index contributed by atoms with van der Waals surface area (Å²) >= 11 is 0. The van der Waals surface area contributed by atoms with E-state index in [1.54, 1.807) is 36.2 Å². The van der Waals surface area contributed by atoms with Gasteiger partial charge in [-0.1, -0.05) is 25.0 Å². The lowest BCUT2D eigenvalue weighted by molar-refractivity contribution is -0.139. The van der Waals surface area contributed by atoms with Crippen molar-refractivity contribution in [3.8, 4) is 5.75 Å². The fourth-order valence-electron chi connectivity index (χ4n) is 3.32. The molecule has 1 unspecified atom stereocenters. The molecule has 1 aliphatic rings. The van der Waals surface area contributed by atoms with Crippen LogP contribution in [0.4, 0.5) is 0 Å². The van der Waals surface area contributed by atoms with Crippen molar-refractivity contribution in [3.05, 3.63) is 29.8 Å². The largest absolute Gasteiger partial charge is 0.482 e. The van der Waals surface area contributed by atoms with Crippen LogP contribution < -0.4 is 10.1 Å². The zero-order valence-electron chi connectivity index (χ0n) is 15.2. The molecule has 142 valence electrons. The first-order chi connectivity index (χ1) is 12.4. The summed E-state index contributed by atoms with van der Waals surface area (Å²) in [4.78, 5) is 36.5. The summed E-state index contributed by atoms with van der Waals surface area (Å²) < 4.78 is 5.10. The number of nitrogens with zero attached hydrogens (tertiary/aromatic N) is 1. The molecule has 1 saturated carbocycles. The SMILES string of the molecule is CC(=O)NC(C(=O)N(C)Cc1ccc(OCC(=O)O)cc1)C1CCCC1. The van der Waals surface area contributed by atoms with E-state index in [1.807, 2.05) is 0 Å². The number of amides is 2. The van der Waals surface area contributed by atoms with Gasteiger partial charge in [0.25, 0.3) is 0 Å². The average molecular weight is 362 g/mol. The first kappa shape index (κ1) is 19.8. The number of nitrogens with one attached hydrogen (secondary N) is 1. The highest BCUT2D eigenvalue weighted by molar-refractivity contribution is 5.87. The van der Waals surface area contributed by atoms with Crippen LogP contribution in [-0.4, -0.2) is 47.5 Å². The number of carbonyl (C=O) groups excluding carboxylic acids is 2. The number of ether oxygens (including phenoxy) is 1. The third-order valence-corrected chi connectivity index (χ3v) is 4.58. The molecule has 0 bridgehead atoms. The summed E-state index contributed by atoms with van der Waals surface area (Å²) in [6.45, 7) is 1.45. The standard InChI is InChI=1S/C19H26N2O5/c1-13(22)20-18(15-5-3-4-6-15)19(25)21(2)11-14-7-9-16(10-8-14)26-12-17(23)24/h7-10,15,18H,3-6,11-12H2,1-2H3,(H,20,22)(H,23,24). The molecule has 0 aliphatic heterocycles. The lowest BCUT2D eigenvalue weighted by Gasteiger charge is -2.28. The highest BCUT2D eigenvalue weighted by Crippen LogP contribution is 2.28. The zero-order chi connectivity index (χ0) is 19.1. The maximum Gasteiger partial charge on any atom is 0.341 e. The minimum Gasteiger partial charge on any atom is -0.482 e. The van der Waals surface area contributed by atoms with Gasteiger partial charge < -0.3 is 20.1 Å². The van der Waals surface area contributed by atoms with Gasteiger partial charge in [-0.2, -0.15) is 0 Å². The summed E-state index contributed by atoms with van der Waals surface area (Å²) in [6.07, 6.45) is 4.10. The average Bonchev–Trinajstić information content (AvgIpc) is 3.12. The number of likely N-dealkylation sites (N-methyl/N-ethyl adjacent to an activating group) is 1. The molecule has 0 saturated heterocycles. The normalized spacial score (nSPS) is 15.3. The van der Waals surface area contributed by atoms with E-state index < -0.39 is 18.6 Å². The quantitative estimate of drug-likeness (QED) is 0.735. The van der Waals surface area contributed by atoms with Gasteiger partial charge in [0.05, 0.1) is 0 Å². The maximum atomic E-state index is 12.8. The minimum absolute atomic E-state index is 0.0849. The summed E-state index contributed by atoms with van der Waals surface area (Å²) in [5.41, 5.74) is 0.900. The second kappa shape index (κ2) is 9.22. The Morgan fingerprint density at radius 3 is 2.38 bits per heavy atom. The Balaban J connectivity index is 1.97. The predicted molar refractivity (Wildman–Crippen MR) is 95.6 cm³/mol. The summed E-state index contributed by atoms with van der Waals surface area (Å²) in [5.74, 6) is -0.648. The van der Waals surface area contributed by atoms with Crippen LogP contribution >= 0.6 is 0 Å². The van der Waals surface area contributed by atoms with Gasteiger partial charge in [0.1, 0.15) is 11.8 Å². The van der Waals surface area contributed by atoms with Crippen molar-refractivity contribution in [2.75, 3.05) is 13.7 Å². The van der Waals surface area contributed by atoms with Crippen molar-refractivity contribution >= 4 is 17.8 Å². The fraction of sp³-hybridized carbons (Fsp3) is 0.526. The van der Waals surface area contributed by atoms with Crippen molar-refractivity contribution in [2.24, 2.45) is 5.92 Å². The highest BCUT2D eigenvalue weighted by Gasteiger charge is 2.33. The number of aliphatic carboxylic acids is 1. The van der Waals surface area contributed by atoms with Gasteiger partial charge >= 0.3 is 5.97 Å². The molecule has 1 fully saturated rings. The Bertz CT molecular complexity index is 638. The van der Waals surface area contributed by atoms with E-state index in [1.165, 1.54) is 6.92 Å². The maximum absolute atomic E-state index is 12.8. The Labute approximate surface area is 153 Å². The molecule has 2 N–H and O–H groups in total. The molecule has 2 rings (SSSR count). The van der Waals surface area contributed by atoms with Crippen molar-refractivity contribution in [3.63, 3.8) is 0 Å². The third-order valence-electron chi connectivity index (χ3n) is 4.58. The Morgan fingerprint density at radius 1 is 1.23 bits per heavy atom. The molecule has 1 aromatic carbocycles. The van der Waals surface area contributed by atoms with Gasteiger partial charge in [0, 0.05) is 20.5 Å². The molecule has 2 amide bonds. The van der Waals surface area contributed by atoms with Crippen LogP contribution in [0.25, 0.3) is 0 Å². The molecule has 0 heterocycles. The third kappa shape index (κ3) is 5.75. The molecular weight excluding hydrogens is 336 g/mol. The van der Waals surface area contributed by atoms with E-state index in [0.29, 0.717) is 12.3 Å². The molecule has 0 spiro atoms. The molecule has 1 aromatic rings. The second-order valence-corrected chi connectivity index (χ2v) is 6.74. The van der Waals surface area contributed by atoms with Crippen LogP contribution in [0, 0.1) is 5.92 Å². The molecular formula is C19H26N2O5. The number of carboxylic acid groups (broad SMARTS) is 1. The highest BCUT2D eigenvalue weighted by atomic mass is 16.5. The molecule has 0 radical (unpaired) electrons. The molecule has 7 heteroatoms. The smallest absolute Gasteiger partial charge is 0.341 e. The summed E-state index contributed by atoms with van der Waals surface area (Å²) in [6, 6.07) is 6.48. The van der Waals surface area contributed by atoms with Gasteiger partial charge in [-0.05, 0) is 36.5 Å². The number of carboxylic acids is 1. The minimum atomic E-state index is -1.03. The fourth-order valence-corrected chi connectivity index (χ4v) is 3.32. The Kier molecular flexibility index (Phi) is 7.00. The number of hydrogen-bond acceptors (Lipinski definition) is 4. The predicted octanol–water partition coefficient (Wildman–Crippen LogP) is 1.80. The van der Waals surface area contributed by atoms with E-state index in [2.05, 4.69) is 5.32 Å². The van der Waals surface area contributed by atoms with Gasteiger partial charge in [0.15, 0.2) is 6.61 Å². The number of rotatable bonds is 8. The second-order valence-electron chi connectivity index (χ2n) is 6.74. The zero-order valence-corrected chi connectivity index (χ0v) is 15.2. The van der Waals surface area contributed by atoms with E-state index in [4.69, 9.17) is 9.84 Å². The van der Waals surface area contributed by atoms with E-state index in [0.717, 1.165) is 31.2 Å². The van der Waals surface area contributed by atoms with E-state index in [9.17, 15) is 14.4 Å². The summed E-state index contributed by atoms with van der Waals surface area (Å²) in [7, 11) is 1.72. The topological polar surface area (TPSA) is 95.9 Å². The van der Waals surface area contributed by atoms with Crippen LogP contribution in [0.5, 0.6) is 5.75 Å². The van der Waals surface area contributed by atoms with E-state index in [-0.39, 0.29) is 17.7 Å². The van der Waals surface area contributed by atoms with Crippen molar-refractivity contribution in [1.82, 2.24) is 10.2 Å². The first-order valence-electron chi connectivity index (χ1n) is 8.82. The summed E-state index contributed by atoms with van der Waals surface area (Å²) in [5, 5.41) is 11.4. The molecule has 7 nitrogen and oxygen atoms in total. The molecule has 0 aromatic heterocycles. The van der Waals surface area contributed by atoms with Gasteiger partial charge in [-0.3, -0.25) is 9.59 Å². The molecule has 1 atom stereocenters. The lowest BCUT2D eigenvalue weighted by atomic mass is 9.96. The van der Waals surface area contributed by atoms with Crippen molar-refractivity contribution in [2.45, 2.75) is 45.2 Å². The molecule has 1 aliphatic carbocycles. The van der Waals surface area contributed by atoms with Gasteiger partial charge in [-0.25, -0.2) is 4.79 Å². The van der Waals surface area contributed by atoms with Gasteiger partial charge in [-0.15, -0.1) is 0 Å². The van der Waals surface area contributed by atoms with Crippen LogP contribution in [0.15, 0.2) is 24.3 Å². The van der Waals surface area contributed by atoms with Gasteiger partial charge in [0.2, 0.25) is 11.8 Å². The van der Waals surface area contributed by atoms with Crippen LogP contribution in [0.3, 0.4) is 0 Å². The Morgan fingerprint density at radius 2 is 1.85 bits per heavy atom. The monoisotopic (exact) mass is 362 g/mol. The first-order valence-corrected chi connectivity index (χ1v) is 8.82. The lowest BCUT2D eigenvalue weighted by Crippen LogP contribution is -2.50. The van der Waals surface area contributed by atoms with Crippen molar-refractivity contribution < 1.29 is 24.2 Å². The van der Waals surface area contributed by atoms with Crippen molar-refractivity contribution in [1.29, 1.82) is 0 Å². The van der Waals surface area contributed by atoms with Crippen LogP contribution in [0.2, 0.25) is 0 Å². The Hall–Kier alpha value is -2.57. The van der Waals surface area contributed by atoms with Crippen LogP contribution in [-0.2, 0) is 20.9 Å². The van der Waals surface area contributed by atoms with Crippen LogP contribution in [0.1, 0.15) is 38.2 Å². The van der Waals surface area contributed by atoms with E-state index >= 15 is 0 Å². The number of benzene rings is 1.